The first-order valence-electron chi connectivity index (χ1n) is 8.95. The van der Waals surface area contributed by atoms with Crippen LogP contribution in [0.4, 0.5) is 4.79 Å². The summed E-state index contributed by atoms with van der Waals surface area (Å²) in [6, 6.07) is 6.05. The van der Waals surface area contributed by atoms with Gasteiger partial charge in [-0.15, -0.1) is 11.8 Å². The van der Waals surface area contributed by atoms with Crippen LogP contribution in [-0.2, 0) is 14.3 Å². The smallest absolute Gasteiger partial charge is 0.339 e. The number of ether oxygens (including phenoxy) is 1. The molecule has 0 fully saturated rings. The molecule has 9 heteroatoms. The molecule has 154 valence electrons. The van der Waals surface area contributed by atoms with Gasteiger partial charge in [0.2, 0.25) is 5.91 Å². The number of hydrogen-bond acceptors (Lipinski definition) is 6. The minimum absolute atomic E-state index is 0.0320. The van der Waals surface area contributed by atoms with E-state index in [9.17, 15) is 19.2 Å². The molecule has 0 spiro atoms. The Kier molecular flexibility index (Phi) is 10.1. The van der Waals surface area contributed by atoms with Gasteiger partial charge >= 0.3 is 12.0 Å². The van der Waals surface area contributed by atoms with Crippen molar-refractivity contribution in [3.63, 3.8) is 0 Å². The zero-order valence-electron chi connectivity index (χ0n) is 16.5. The molecule has 1 rings (SSSR count). The molecule has 8 nitrogen and oxygen atoms in total. The number of thioether (sulfide) groups is 1. The van der Waals surface area contributed by atoms with Crippen molar-refractivity contribution in [1.29, 1.82) is 0 Å². The highest BCUT2D eigenvalue weighted by Crippen LogP contribution is 2.23. The SMILES string of the molecule is CC(C)CNC(=O)NC(=O)COC(=O)c1ccccc1SCC(=O)NC(C)C. The van der Waals surface area contributed by atoms with Crippen LogP contribution in [0.1, 0.15) is 38.1 Å². The molecule has 0 radical (unpaired) electrons. The first-order chi connectivity index (χ1) is 13.2. The largest absolute Gasteiger partial charge is 0.452 e. The molecule has 0 aliphatic rings. The van der Waals surface area contributed by atoms with Gasteiger partial charge in [0.1, 0.15) is 0 Å². The van der Waals surface area contributed by atoms with Crippen LogP contribution in [0.5, 0.6) is 0 Å². The van der Waals surface area contributed by atoms with Gasteiger partial charge < -0.3 is 15.4 Å². The molecule has 3 N–H and O–H groups in total. The molecular formula is C19H27N3O5S. The van der Waals surface area contributed by atoms with Crippen molar-refractivity contribution in [2.45, 2.75) is 38.6 Å². The van der Waals surface area contributed by atoms with Crippen molar-refractivity contribution in [1.82, 2.24) is 16.0 Å². The molecule has 0 atom stereocenters. The van der Waals surface area contributed by atoms with Crippen LogP contribution in [0.3, 0.4) is 0 Å². The number of imide groups is 1. The molecule has 1 aromatic rings. The molecule has 0 aliphatic carbocycles. The maximum atomic E-state index is 12.3. The first-order valence-corrected chi connectivity index (χ1v) is 9.93. The van der Waals surface area contributed by atoms with E-state index in [1.54, 1.807) is 24.3 Å². The average Bonchev–Trinajstić information content (AvgIpc) is 2.62. The lowest BCUT2D eigenvalue weighted by molar-refractivity contribution is -0.123. The van der Waals surface area contributed by atoms with E-state index in [0.717, 1.165) is 0 Å². The van der Waals surface area contributed by atoms with Crippen molar-refractivity contribution in [3.05, 3.63) is 29.8 Å². The van der Waals surface area contributed by atoms with Crippen LogP contribution < -0.4 is 16.0 Å². The predicted molar refractivity (Wildman–Crippen MR) is 107 cm³/mol. The van der Waals surface area contributed by atoms with Crippen LogP contribution >= 0.6 is 11.8 Å². The van der Waals surface area contributed by atoms with Gasteiger partial charge in [-0.2, -0.15) is 0 Å². The molecule has 28 heavy (non-hydrogen) atoms. The molecule has 0 saturated heterocycles. The highest BCUT2D eigenvalue weighted by molar-refractivity contribution is 8.00. The molecule has 1 aromatic carbocycles. The van der Waals surface area contributed by atoms with Crippen molar-refractivity contribution in [2.75, 3.05) is 18.9 Å². The summed E-state index contributed by atoms with van der Waals surface area (Å²) in [6.07, 6.45) is 0. The number of hydrogen-bond donors (Lipinski definition) is 3. The van der Waals surface area contributed by atoms with Crippen molar-refractivity contribution in [2.24, 2.45) is 5.92 Å². The van der Waals surface area contributed by atoms with Gasteiger partial charge in [-0.3, -0.25) is 14.9 Å². The second kappa shape index (κ2) is 12.0. The summed E-state index contributed by atoms with van der Waals surface area (Å²) in [5.41, 5.74) is 0.252. The van der Waals surface area contributed by atoms with Crippen molar-refractivity contribution >= 4 is 35.6 Å². The summed E-state index contributed by atoms with van der Waals surface area (Å²) in [7, 11) is 0. The lowest BCUT2D eigenvalue weighted by Gasteiger charge is -2.11. The van der Waals surface area contributed by atoms with Gasteiger partial charge in [0.05, 0.1) is 11.3 Å². The highest BCUT2D eigenvalue weighted by Gasteiger charge is 2.16. The Balaban J connectivity index is 2.54. The summed E-state index contributed by atoms with van der Waals surface area (Å²) in [5, 5.41) is 7.39. The Morgan fingerprint density at radius 1 is 1.04 bits per heavy atom. The Labute approximate surface area is 169 Å². The monoisotopic (exact) mass is 409 g/mol. The number of carbonyl (C=O) groups excluding carboxylic acids is 4. The van der Waals surface area contributed by atoms with Crippen LogP contribution in [0.25, 0.3) is 0 Å². The predicted octanol–water partition coefficient (Wildman–Crippen LogP) is 1.94. The Bertz CT molecular complexity index is 707. The van der Waals surface area contributed by atoms with E-state index in [2.05, 4.69) is 16.0 Å². The highest BCUT2D eigenvalue weighted by atomic mass is 32.2. The van der Waals surface area contributed by atoms with Crippen molar-refractivity contribution in [3.8, 4) is 0 Å². The van der Waals surface area contributed by atoms with E-state index in [1.165, 1.54) is 11.8 Å². The van der Waals surface area contributed by atoms with Gasteiger partial charge in [-0.25, -0.2) is 9.59 Å². The summed E-state index contributed by atoms with van der Waals surface area (Å²) >= 11 is 1.20. The zero-order valence-corrected chi connectivity index (χ0v) is 17.4. The molecule has 0 bridgehead atoms. The fraction of sp³-hybridized carbons (Fsp3) is 0.474. The van der Waals surface area contributed by atoms with Gasteiger partial charge in [0.25, 0.3) is 5.91 Å². The zero-order chi connectivity index (χ0) is 21.1. The Morgan fingerprint density at radius 3 is 2.36 bits per heavy atom. The van der Waals surface area contributed by atoms with E-state index >= 15 is 0 Å². The van der Waals surface area contributed by atoms with Crippen LogP contribution in [0.15, 0.2) is 29.2 Å². The molecule has 0 aliphatic heterocycles. The van der Waals surface area contributed by atoms with E-state index < -0.39 is 24.5 Å². The lowest BCUT2D eigenvalue weighted by atomic mass is 10.2. The third-order valence-corrected chi connectivity index (χ3v) is 4.25. The summed E-state index contributed by atoms with van der Waals surface area (Å²) < 4.78 is 4.98. The number of nitrogens with one attached hydrogen (secondary N) is 3. The third kappa shape index (κ3) is 9.40. The quantitative estimate of drug-likeness (QED) is 0.424. The van der Waals surface area contributed by atoms with Gasteiger partial charge in [0.15, 0.2) is 6.61 Å². The first kappa shape index (κ1) is 23.5. The number of urea groups is 1. The lowest BCUT2D eigenvalue weighted by Crippen LogP contribution is -2.42. The number of amides is 4. The van der Waals surface area contributed by atoms with E-state index in [4.69, 9.17) is 4.74 Å². The van der Waals surface area contributed by atoms with Crippen LogP contribution in [0.2, 0.25) is 0 Å². The fourth-order valence-electron chi connectivity index (χ4n) is 1.98. The maximum absolute atomic E-state index is 12.3. The van der Waals surface area contributed by atoms with Gasteiger partial charge in [-0.05, 0) is 31.9 Å². The summed E-state index contributed by atoms with van der Waals surface area (Å²) in [5.74, 6) is -1.18. The van der Waals surface area contributed by atoms with E-state index in [-0.39, 0.29) is 29.2 Å². The maximum Gasteiger partial charge on any atom is 0.339 e. The molecule has 4 amide bonds. The average molecular weight is 410 g/mol. The van der Waals surface area contributed by atoms with Crippen LogP contribution in [-0.4, -0.2) is 48.8 Å². The standard InChI is InChI=1S/C19H27N3O5S/c1-12(2)9-20-19(26)22-16(23)10-27-18(25)14-7-5-6-8-15(14)28-11-17(24)21-13(3)4/h5-8,12-13H,9-11H2,1-4H3,(H,21,24)(H2,20,22,23,26). The normalized spacial score (nSPS) is 10.5. The minimum Gasteiger partial charge on any atom is -0.452 e. The molecule has 0 aromatic heterocycles. The number of esters is 1. The molecule has 0 heterocycles. The number of carbonyl (C=O) groups is 4. The Hall–Kier alpha value is -2.55. The second-order valence-corrected chi connectivity index (χ2v) is 7.75. The van der Waals surface area contributed by atoms with E-state index in [1.807, 2.05) is 27.7 Å². The van der Waals surface area contributed by atoms with Gasteiger partial charge in [0, 0.05) is 17.5 Å². The van der Waals surface area contributed by atoms with Crippen LogP contribution in [0, 0.1) is 5.92 Å². The summed E-state index contributed by atoms with van der Waals surface area (Å²) in [6.45, 7) is 7.41. The second-order valence-electron chi connectivity index (χ2n) is 6.74. The molecule has 0 saturated carbocycles. The Morgan fingerprint density at radius 2 is 1.71 bits per heavy atom. The number of benzene rings is 1. The molecule has 0 unspecified atom stereocenters. The third-order valence-electron chi connectivity index (χ3n) is 3.17. The van der Waals surface area contributed by atoms with Crippen molar-refractivity contribution < 1.29 is 23.9 Å². The number of rotatable bonds is 9. The summed E-state index contributed by atoms with van der Waals surface area (Å²) in [4.78, 5) is 47.9. The minimum atomic E-state index is -0.726. The fourth-order valence-corrected chi connectivity index (χ4v) is 2.83. The topological polar surface area (TPSA) is 114 Å². The van der Waals surface area contributed by atoms with Gasteiger partial charge in [-0.1, -0.05) is 26.0 Å². The molecular weight excluding hydrogens is 382 g/mol. The van der Waals surface area contributed by atoms with E-state index in [0.29, 0.717) is 11.4 Å².